The summed E-state index contributed by atoms with van der Waals surface area (Å²) in [6.07, 6.45) is 2.51. The van der Waals surface area contributed by atoms with Crippen molar-refractivity contribution in [1.29, 1.82) is 0 Å². The van der Waals surface area contributed by atoms with Crippen molar-refractivity contribution >= 4 is 15.9 Å². The van der Waals surface area contributed by atoms with Crippen LogP contribution in [0.1, 0.15) is 24.0 Å². The number of benzene rings is 1. The molecule has 7 heteroatoms. The predicted octanol–water partition coefficient (Wildman–Crippen LogP) is 1.31. The number of amides is 1. The Morgan fingerprint density at radius 2 is 1.65 bits per heavy atom. The molecule has 26 heavy (non-hydrogen) atoms. The fraction of sp³-hybridized carbons (Fsp3) is 0.632. The van der Waals surface area contributed by atoms with Crippen LogP contribution in [0.5, 0.6) is 0 Å². The number of hydrogen-bond acceptors (Lipinski definition) is 4. The van der Waals surface area contributed by atoms with E-state index in [4.69, 9.17) is 0 Å². The van der Waals surface area contributed by atoms with E-state index in [-0.39, 0.29) is 11.8 Å². The minimum Gasteiger partial charge on any atom is -0.340 e. The molecule has 0 aliphatic carbocycles. The summed E-state index contributed by atoms with van der Waals surface area (Å²) in [7, 11) is -3.14. The second kappa shape index (κ2) is 8.06. The van der Waals surface area contributed by atoms with Crippen molar-refractivity contribution in [2.24, 2.45) is 5.92 Å². The predicted molar refractivity (Wildman–Crippen MR) is 102 cm³/mol. The fourth-order valence-electron chi connectivity index (χ4n) is 3.85. The molecule has 2 aliphatic heterocycles. The molecular formula is C19H29N3O3S. The van der Waals surface area contributed by atoms with Gasteiger partial charge in [-0.25, -0.2) is 12.7 Å². The number of carbonyl (C=O) groups is 1. The summed E-state index contributed by atoms with van der Waals surface area (Å²) in [5.41, 5.74) is 2.66. The summed E-state index contributed by atoms with van der Waals surface area (Å²) < 4.78 is 24.7. The van der Waals surface area contributed by atoms with Crippen LogP contribution in [0.25, 0.3) is 0 Å². The van der Waals surface area contributed by atoms with Crippen molar-refractivity contribution < 1.29 is 13.2 Å². The Balaban J connectivity index is 1.48. The van der Waals surface area contributed by atoms with Gasteiger partial charge in [0.1, 0.15) is 0 Å². The standard InChI is InChI=1S/C19H29N3O3S/c1-16-5-3-4-6-18(16)15-20-11-13-21(14-12-20)19(23)17-7-9-22(10-8-17)26(2,24)25/h3-6,17H,7-15H2,1-2H3. The van der Waals surface area contributed by atoms with Gasteiger partial charge >= 0.3 is 0 Å². The molecule has 0 atom stereocenters. The van der Waals surface area contributed by atoms with E-state index in [2.05, 4.69) is 36.1 Å². The second-order valence-corrected chi connectivity index (χ2v) is 9.45. The van der Waals surface area contributed by atoms with E-state index in [9.17, 15) is 13.2 Å². The third kappa shape index (κ3) is 4.64. The molecule has 0 bridgehead atoms. The lowest BCUT2D eigenvalue weighted by atomic mass is 9.96. The number of hydrogen-bond donors (Lipinski definition) is 0. The van der Waals surface area contributed by atoms with Crippen LogP contribution in [0.3, 0.4) is 0 Å². The molecule has 0 aromatic heterocycles. The second-order valence-electron chi connectivity index (χ2n) is 7.46. The maximum Gasteiger partial charge on any atom is 0.225 e. The zero-order valence-electron chi connectivity index (χ0n) is 15.7. The lowest BCUT2D eigenvalue weighted by Crippen LogP contribution is -2.51. The highest BCUT2D eigenvalue weighted by Gasteiger charge is 2.32. The van der Waals surface area contributed by atoms with Gasteiger partial charge in [-0.3, -0.25) is 9.69 Å². The van der Waals surface area contributed by atoms with Crippen molar-refractivity contribution in [3.8, 4) is 0 Å². The lowest BCUT2D eigenvalue weighted by Gasteiger charge is -2.38. The van der Waals surface area contributed by atoms with Crippen molar-refractivity contribution in [2.75, 3.05) is 45.5 Å². The summed E-state index contributed by atoms with van der Waals surface area (Å²) in [5, 5.41) is 0. The average Bonchev–Trinajstić information content (AvgIpc) is 2.63. The highest BCUT2D eigenvalue weighted by molar-refractivity contribution is 7.88. The fourth-order valence-corrected chi connectivity index (χ4v) is 4.72. The van der Waals surface area contributed by atoms with E-state index in [0.29, 0.717) is 25.9 Å². The van der Waals surface area contributed by atoms with E-state index >= 15 is 0 Å². The number of carbonyl (C=O) groups excluding carboxylic acids is 1. The molecule has 1 aromatic rings. The quantitative estimate of drug-likeness (QED) is 0.791. The minimum atomic E-state index is -3.14. The summed E-state index contributed by atoms with van der Waals surface area (Å²) in [4.78, 5) is 17.1. The van der Waals surface area contributed by atoms with Crippen molar-refractivity contribution in [1.82, 2.24) is 14.1 Å². The third-order valence-electron chi connectivity index (χ3n) is 5.61. The molecule has 3 rings (SSSR count). The summed E-state index contributed by atoms with van der Waals surface area (Å²) in [6, 6.07) is 8.44. The molecular weight excluding hydrogens is 350 g/mol. The number of sulfonamides is 1. The third-order valence-corrected chi connectivity index (χ3v) is 6.91. The van der Waals surface area contributed by atoms with Crippen LogP contribution in [0.2, 0.25) is 0 Å². The van der Waals surface area contributed by atoms with Crippen LogP contribution in [-0.2, 0) is 21.4 Å². The first-order valence-corrected chi connectivity index (χ1v) is 11.2. The Morgan fingerprint density at radius 1 is 1.04 bits per heavy atom. The van der Waals surface area contributed by atoms with Gasteiger partial charge in [-0.15, -0.1) is 0 Å². The highest BCUT2D eigenvalue weighted by Crippen LogP contribution is 2.22. The normalized spacial score (nSPS) is 21.1. The maximum absolute atomic E-state index is 12.8. The van der Waals surface area contributed by atoms with Crippen LogP contribution >= 0.6 is 0 Å². The van der Waals surface area contributed by atoms with E-state index in [0.717, 1.165) is 32.7 Å². The molecule has 6 nitrogen and oxygen atoms in total. The molecule has 2 fully saturated rings. The van der Waals surface area contributed by atoms with Gasteiger partial charge in [-0.2, -0.15) is 0 Å². The molecule has 2 aliphatic rings. The Labute approximate surface area is 156 Å². The Morgan fingerprint density at radius 3 is 2.23 bits per heavy atom. The maximum atomic E-state index is 12.8. The molecule has 2 heterocycles. The molecule has 0 saturated carbocycles. The van der Waals surface area contributed by atoms with Crippen molar-refractivity contribution in [2.45, 2.75) is 26.3 Å². The molecule has 0 N–H and O–H groups in total. The number of rotatable bonds is 4. The highest BCUT2D eigenvalue weighted by atomic mass is 32.2. The summed E-state index contributed by atoms with van der Waals surface area (Å²) >= 11 is 0. The van der Waals surface area contributed by atoms with Gasteiger partial charge in [0.15, 0.2) is 0 Å². The number of piperazine rings is 1. The first-order chi connectivity index (χ1) is 12.3. The van der Waals surface area contributed by atoms with E-state index in [1.807, 2.05) is 4.90 Å². The SMILES string of the molecule is Cc1ccccc1CN1CCN(C(=O)C2CCN(S(C)(=O)=O)CC2)CC1. The minimum absolute atomic E-state index is 0.0316. The number of piperidine rings is 1. The van der Waals surface area contributed by atoms with Gasteiger partial charge in [0, 0.05) is 51.7 Å². The van der Waals surface area contributed by atoms with Crippen LogP contribution < -0.4 is 0 Å². The van der Waals surface area contributed by atoms with E-state index < -0.39 is 10.0 Å². The van der Waals surface area contributed by atoms with Crippen molar-refractivity contribution in [3.63, 3.8) is 0 Å². The van der Waals surface area contributed by atoms with Crippen LogP contribution in [0.15, 0.2) is 24.3 Å². The smallest absolute Gasteiger partial charge is 0.225 e. The number of aryl methyl sites for hydroxylation is 1. The van der Waals surface area contributed by atoms with Gasteiger partial charge in [0.05, 0.1) is 6.26 Å². The largest absolute Gasteiger partial charge is 0.340 e. The molecule has 0 unspecified atom stereocenters. The topological polar surface area (TPSA) is 60.9 Å². The van der Waals surface area contributed by atoms with Gasteiger partial charge in [0.2, 0.25) is 15.9 Å². The van der Waals surface area contributed by atoms with Crippen LogP contribution in [0.4, 0.5) is 0 Å². The van der Waals surface area contributed by atoms with Gasteiger partial charge < -0.3 is 4.90 Å². The lowest BCUT2D eigenvalue weighted by molar-refractivity contribution is -0.138. The monoisotopic (exact) mass is 379 g/mol. The average molecular weight is 380 g/mol. The molecule has 2 saturated heterocycles. The Kier molecular flexibility index (Phi) is 5.99. The first kappa shape index (κ1) is 19.3. The zero-order chi connectivity index (χ0) is 18.7. The molecule has 0 spiro atoms. The van der Waals surface area contributed by atoms with E-state index in [1.54, 1.807) is 0 Å². The summed E-state index contributed by atoms with van der Waals surface area (Å²) in [6.45, 7) is 7.29. The summed E-state index contributed by atoms with van der Waals surface area (Å²) in [5.74, 6) is 0.171. The Hall–Kier alpha value is -1.44. The zero-order valence-corrected chi connectivity index (χ0v) is 16.5. The van der Waals surface area contributed by atoms with Crippen LogP contribution in [-0.4, -0.2) is 74.0 Å². The molecule has 144 valence electrons. The van der Waals surface area contributed by atoms with Crippen LogP contribution in [0, 0.1) is 12.8 Å². The Bertz CT molecular complexity index is 734. The van der Waals surface area contributed by atoms with Crippen molar-refractivity contribution in [3.05, 3.63) is 35.4 Å². The molecule has 1 amide bonds. The van der Waals surface area contributed by atoms with Gasteiger partial charge in [-0.1, -0.05) is 24.3 Å². The molecule has 1 aromatic carbocycles. The molecule has 0 radical (unpaired) electrons. The van der Waals surface area contributed by atoms with Gasteiger partial charge in [0.25, 0.3) is 0 Å². The van der Waals surface area contributed by atoms with Gasteiger partial charge in [-0.05, 0) is 30.9 Å². The van der Waals surface area contributed by atoms with E-state index in [1.165, 1.54) is 21.7 Å². The number of nitrogens with zero attached hydrogens (tertiary/aromatic N) is 3. The first-order valence-electron chi connectivity index (χ1n) is 9.35.